The molecule has 0 saturated heterocycles. The topological polar surface area (TPSA) is 49.3 Å². The Morgan fingerprint density at radius 1 is 1.35 bits per heavy atom. The number of carbonyl (C=O) groups excluding carboxylic acids is 1. The first-order valence-electron chi connectivity index (χ1n) is 6.21. The summed E-state index contributed by atoms with van der Waals surface area (Å²) in [6.45, 7) is 5.82. The molecule has 0 spiro atoms. The van der Waals surface area contributed by atoms with Crippen molar-refractivity contribution >= 4 is 17.5 Å². The highest BCUT2D eigenvalue weighted by Gasteiger charge is 2.19. The van der Waals surface area contributed by atoms with Crippen molar-refractivity contribution in [2.24, 2.45) is 5.41 Å². The van der Waals surface area contributed by atoms with Gasteiger partial charge in [-0.2, -0.15) is 0 Å². The van der Waals surface area contributed by atoms with Gasteiger partial charge in [0.1, 0.15) is 11.6 Å². The van der Waals surface area contributed by atoms with E-state index in [1.165, 1.54) is 0 Å². The van der Waals surface area contributed by atoms with Gasteiger partial charge in [-0.3, -0.25) is 4.79 Å². The molecule has 0 aliphatic rings. The summed E-state index contributed by atoms with van der Waals surface area (Å²) in [6, 6.07) is 1.49. The SMILES string of the molecule is CC(C)(C)CC(O)CNC(=O)c1cc(F)c(Cl)cc1F. The summed E-state index contributed by atoms with van der Waals surface area (Å²) in [7, 11) is 0. The highest BCUT2D eigenvalue weighted by molar-refractivity contribution is 6.30. The Balaban J connectivity index is 2.66. The van der Waals surface area contributed by atoms with E-state index in [0.717, 1.165) is 12.1 Å². The van der Waals surface area contributed by atoms with Crippen molar-refractivity contribution in [1.82, 2.24) is 5.32 Å². The summed E-state index contributed by atoms with van der Waals surface area (Å²) in [5.41, 5.74) is -0.531. The lowest BCUT2D eigenvalue weighted by molar-refractivity contribution is 0.0864. The molecule has 1 rings (SSSR count). The lowest BCUT2D eigenvalue weighted by Crippen LogP contribution is -2.34. The molecule has 1 atom stereocenters. The van der Waals surface area contributed by atoms with Crippen molar-refractivity contribution in [1.29, 1.82) is 0 Å². The second-order valence-corrected chi connectivity index (χ2v) is 6.28. The van der Waals surface area contributed by atoms with Crippen LogP contribution in [0.2, 0.25) is 5.02 Å². The molecule has 3 nitrogen and oxygen atoms in total. The normalized spacial score (nSPS) is 13.2. The molecular weight excluding hydrogens is 288 g/mol. The minimum atomic E-state index is -0.904. The van der Waals surface area contributed by atoms with Crippen LogP contribution in [0.1, 0.15) is 37.6 Å². The van der Waals surface area contributed by atoms with Crippen molar-refractivity contribution in [3.63, 3.8) is 0 Å². The predicted octanol–water partition coefficient (Wildman–Crippen LogP) is 3.15. The van der Waals surface area contributed by atoms with Gasteiger partial charge in [-0.15, -0.1) is 0 Å². The van der Waals surface area contributed by atoms with Gasteiger partial charge in [-0.25, -0.2) is 8.78 Å². The first-order chi connectivity index (χ1) is 9.10. The van der Waals surface area contributed by atoms with E-state index in [4.69, 9.17) is 11.6 Å². The van der Waals surface area contributed by atoms with Crippen molar-refractivity contribution in [3.05, 3.63) is 34.4 Å². The van der Waals surface area contributed by atoms with Crippen LogP contribution in [0.5, 0.6) is 0 Å². The number of halogens is 3. The van der Waals surface area contributed by atoms with Crippen LogP contribution in [0.4, 0.5) is 8.78 Å². The third-order valence-corrected chi connectivity index (χ3v) is 2.89. The zero-order valence-electron chi connectivity index (χ0n) is 11.6. The van der Waals surface area contributed by atoms with Gasteiger partial charge >= 0.3 is 0 Å². The van der Waals surface area contributed by atoms with Crippen LogP contribution >= 0.6 is 11.6 Å². The molecule has 1 aromatic rings. The van der Waals surface area contributed by atoms with Crippen molar-refractivity contribution < 1.29 is 18.7 Å². The molecular formula is C14H18ClF2NO2. The minimum Gasteiger partial charge on any atom is -0.391 e. The smallest absolute Gasteiger partial charge is 0.254 e. The summed E-state index contributed by atoms with van der Waals surface area (Å²) in [5.74, 6) is -2.56. The number of benzene rings is 1. The average molecular weight is 306 g/mol. The second-order valence-electron chi connectivity index (χ2n) is 5.87. The molecule has 0 heterocycles. The standard InChI is InChI=1S/C14H18ClF2NO2/c1-14(2,3)6-8(19)7-18-13(20)9-4-12(17)10(15)5-11(9)16/h4-5,8,19H,6-7H2,1-3H3,(H,18,20). The Morgan fingerprint density at radius 2 is 1.95 bits per heavy atom. The summed E-state index contributed by atoms with van der Waals surface area (Å²) in [4.78, 5) is 11.7. The van der Waals surface area contributed by atoms with Crippen LogP contribution < -0.4 is 5.32 Å². The third kappa shape index (κ3) is 5.06. The molecule has 1 unspecified atom stereocenters. The van der Waals surface area contributed by atoms with Crippen LogP contribution in [0.25, 0.3) is 0 Å². The number of nitrogens with one attached hydrogen (secondary N) is 1. The molecule has 0 saturated carbocycles. The molecule has 0 radical (unpaired) electrons. The molecule has 112 valence electrons. The summed E-state index contributed by atoms with van der Waals surface area (Å²) < 4.78 is 26.7. The van der Waals surface area contributed by atoms with E-state index in [1.807, 2.05) is 20.8 Å². The highest BCUT2D eigenvalue weighted by atomic mass is 35.5. The van der Waals surface area contributed by atoms with Gasteiger partial charge in [0.05, 0.1) is 16.7 Å². The van der Waals surface area contributed by atoms with E-state index >= 15 is 0 Å². The molecule has 20 heavy (non-hydrogen) atoms. The van der Waals surface area contributed by atoms with Gasteiger partial charge in [0.25, 0.3) is 5.91 Å². The molecule has 0 aromatic heterocycles. The van der Waals surface area contributed by atoms with Crippen LogP contribution in [0.15, 0.2) is 12.1 Å². The first kappa shape index (κ1) is 16.9. The molecule has 6 heteroatoms. The fourth-order valence-corrected chi connectivity index (χ4v) is 1.93. The third-order valence-electron chi connectivity index (χ3n) is 2.60. The number of aliphatic hydroxyl groups excluding tert-OH is 1. The fourth-order valence-electron chi connectivity index (χ4n) is 1.78. The van der Waals surface area contributed by atoms with E-state index < -0.39 is 29.2 Å². The van der Waals surface area contributed by atoms with E-state index in [-0.39, 0.29) is 17.0 Å². The van der Waals surface area contributed by atoms with Crippen LogP contribution in [0, 0.1) is 17.0 Å². The molecule has 1 aromatic carbocycles. The van der Waals surface area contributed by atoms with Crippen molar-refractivity contribution in [2.75, 3.05) is 6.54 Å². The highest BCUT2D eigenvalue weighted by Crippen LogP contribution is 2.21. The number of rotatable bonds is 4. The van der Waals surface area contributed by atoms with Gasteiger partial charge in [-0.05, 0) is 24.0 Å². The second kappa shape index (κ2) is 6.50. The van der Waals surface area contributed by atoms with E-state index in [1.54, 1.807) is 0 Å². The van der Waals surface area contributed by atoms with Crippen molar-refractivity contribution in [3.8, 4) is 0 Å². The van der Waals surface area contributed by atoms with Gasteiger partial charge < -0.3 is 10.4 Å². The maximum Gasteiger partial charge on any atom is 0.254 e. The maximum atomic E-state index is 13.5. The minimum absolute atomic E-state index is 0.0280. The fraction of sp³-hybridized carbons (Fsp3) is 0.500. The summed E-state index contributed by atoms with van der Waals surface area (Å²) >= 11 is 5.40. The van der Waals surface area contributed by atoms with E-state index in [9.17, 15) is 18.7 Å². The maximum absolute atomic E-state index is 13.5. The van der Waals surface area contributed by atoms with Crippen LogP contribution in [0.3, 0.4) is 0 Å². The van der Waals surface area contributed by atoms with Gasteiger partial charge in [-0.1, -0.05) is 32.4 Å². The lowest BCUT2D eigenvalue weighted by Gasteiger charge is -2.22. The predicted molar refractivity (Wildman–Crippen MR) is 73.8 cm³/mol. The number of aliphatic hydroxyl groups is 1. The van der Waals surface area contributed by atoms with Crippen molar-refractivity contribution in [2.45, 2.75) is 33.3 Å². The largest absolute Gasteiger partial charge is 0.391 e. The average Bonchev–Trinajstić information content (AvgIpc) is 2.28. The Hall–Kier alpha value is -1.20. The zero-order chi connectivity index (χ0) is 15.5. The van der Waals surface area contributed by atoms with Gasteiger partial charge in [0.15, 0.2) is 0 Å². The number of amides is 1. The van der Waals surface area contributed by atoms with Crippen LogP contribution in [-0.4, -0.2) is 23.7 Å². The Kier molecular flexibility index (Phi) is 5.48. The Labute approximate surface area is 121 Å². The molecule has 2 N–H and O–H groups in total. The quantitative estimate of drug-likeness (QED) is 0.840. The molecule has 0 aliphatic heterocycles. The summed E-state index contributed by atoms with van der Waals surface area (Å²) in [5, 5.41) is 11.7. The molecule has 0 bridgehead atoms. The van der Waals surface area contributed by atoms with E-state index in [0.29, 0.717) is 6.42 Å². The molecule has 1 amide bonds. The monoisotopic (exact) mass is 305 g/mol. The van der Waals surface area contributed by atoms with E-state index in [2.05, 4.69) is 5.32 Å². The summed E-state index contributed by atoms with van der Waals surface area (Å²) in [6.07, 6.45) is -0.274. The van der Waals surface area contributed by atoms with Gasteiger partial charge in [0.2, 0.25) is 0 Å². The lowest BCUT2D eigenvalue weighted by atomic mass is 9.89. The first-order valence-corrected chi connectivity index (χ1v) is 6.59. The number of carbonyl (C=O) groups is 1. The Morgan fingerprint density at radius 3 is 2.50 bits per heavy atom. The zero-order valence-corrected chi connectivity index (χ0v) is 12.4. The Bertz CT molecular complexity index is 501. The molecule has 0 aliphatic carbocycles. The number of hydrogen-bond donors (Lipinski definition) is 2. The van der Waals surface area contributed by atoms with Gasteiger partial charge in [0, 0.05) is 6.54 Å². The molecule has 0 fully saturated rings. The number of hydrogen-bond acceptors (Lipinski definition) is 2. The van der Waals surface area contributed by atoms with Crippen LogP contribution in [-0.2, 0) is 0 Å².